The van der Waals surface area contributed by atoms with E-state index < -0.39 is 11.9 Å². The van der Waals surface area contributed by atoms with Crippen LogP contribution in [0.3, 0.4) is 0 Å². The van der Waals surface area contributed by atoms with Crippen LogP contribution in [0.2, 0.25) is 0 Å². The first-order valence-electron chi connectivity index (χ1n) is 6.11. The molecule has 2 unspecified atom stereocenters. The van der Waals surface area contributed by atoms with Crippen molar-refractivity contribution in [2.45, 2.75) is 19.0 Å². The van der Waals surface area contributed by atoms with Crippen LogP contribution >= 0.6 is 27.3 Å². The summed E-state index contributed by atoms with van der Waals surface area (Å²) in [6, 6.07) is 1.57. The Morgan fingerprint density at radius 2 is 2.30 bits per heavy atom. The number of urea groups is 1. The Morgan fingerprint density at radius 3 is 2.85 bits per heavy atom. The van der Waals surface area contributed by atoms with Gasteiger partial charge in [-0.3, -0.25) is 4.79 Å². The van der Waals surface area contributed by atoms with E-state index in [0.717, 1.165) is 9.35 Å². The molecule has 0 aromatic carbocycles. The highest BCUT2D eigenvalue weighted by atomic mass is 79.9. The van der Waals surface area contributed by atoms with Gasteiger partial charge in [0.15, 0.2) is 0 Å². The van der Waals surface area contributed by atoms with E-state index in [4.69, 9.17) is 5.11 Å². The molecule has 7 heteroatoms. The Kier molecular flexibility index (Phi) is 4.82. The predicted octanol–water partition coefficient (Wildman–Crippen LogP) is 2.68. The van der Waals surface area contributed by atoms with Crippen molar-refractivity contribution in [1.82, 2.24) is 10.2 Å². The van der Waals surface area contributed by atoms with Gasteiger partial charge in [-0.1, -0.05) is 12.2 Å². The highest BCUT2D eigenvalue weighted by Gasteiger charge is 2.26. The van der Waals surface area contributed by atoms with Crippen LogP contribution in [0.1, 0.15) is 12.0 Å². The summed E-state index contributed by atoms with van der Waals surface area (Å²) in [5.74, 6) is -1.35. The van der Waals surface area contributed by atoms with Crippen molar-refractivity contribution in [2.75, 3.05) is 7.05 Å². The van der Waals surface area contributed by atoms with Crippen LogP contribution in [-0.2, 0) is 11.3 Å². The molecule has 1 aliphatic rings. The molecule has 1 aliphatic carbocycles. The predicted molar refractivity (Wildman–Crippen MR) is 80.7 cm³/mol. The Hall–Kier alpha value is -1.34. The molecule has 0 aliphatic heterocycles. The zero-order valence-corrected chi connectivity index (χ0v) is 13.3. The number of aliphatic carboxylic acids is 1. The number of thiophene rings is 1. The average Bonchev–Trinajstić information content (AvgIpc) is 2.98. The molecule has 0 saturated carbocycles. The number of carbonyl (C=O) groups excluding carboxylic acids is 1. The van der Waals surface area contributed by atoms with Gasteiger partial charge in [0.1, 0.15) is 0 Å². The van der Waals surface area contributed by atoms with Gasteiger partial charge in [0.05, 0.1) is 15.7 Å². The standard InChI is InChI=1S/C13H15BrN2O3S/c1-16(6-8-4-11(14)20-7-8)13(19)15-10-3-2-9(5-10)12(17)18/h2-4,7,9-10H,5-6H2,1H3,(H,15,19)(H,17,18). The fourth-order valence-corrected chi connectivity index (χ4v) is 3.23. The smallest absolute Gasteiger partial charge is 0.317 e. The molecule has 0 bridgehead atoms. The molecule has 2 rings (SSSR count). The van der Waals surface area contributed by atoms with Gasteiger partial charge in [-0.2, -0.15) is 0 Å². The molecule has 2 amide bonds. The van der Waals surface area contributed by atoms with Crippen molar-refractivity contribution in [2.24, 2.45) is 5.92 Å². The maximum atomic E-state index is 12.0. The lowest BCUT2D eigenvalue weighted by Gasteiger charge is -2.20. The van der Waals surface area contributed by atoms with Crippen molar-refractivity contribution in [3.05, 3.63) is 32.9 Å². The van der Waals surface area contributed by atoms with Crippen molar-refractivity contribution in [3.8, 4) is 0 Å². The number of rotatable bonds is 4. The summed E-state index contributed by atoms with van der Waals surface area (Å²) < 4.78 is 1.03. The average molecular weight is 359 g/mol. The molecule has 108 valence electrons. The summed E-state index contributed by atoms with van der Waals surface area (Å²) in [4.78, 5) is 24.4. The van der Waals surface area contributed by atoms with Crippen LogP contribution < -0.4 is 5.32 Å². The number of halogens is 1. The fraction of sp³-hybridized carbons (Fsp3) is 0.385. The fourth-order valence-electron chi connectivity index (χ4n) is 2.03. The van der Waals surface area contributed by atoms with Crippen molar-refractivity contribution < 1.29 is 14.7 Å². The molecule has 5 nitrogen and oxygen atoms in total. The maximum Gasteiger partial charge on any atom is 0.317 e. The molecule has 2 N–H and O–H groups in total. The van der Waals surface area contributed by atoms with Crippen LogP contribution in [0.4, 0.5) is 4.79 Å². The maximum absolute atomic E-state index is 12.0. The Labute approximate surface area is 129 Å². The number of nitrogens with zero attached hydrogens (tertiary/aromatic N) is 1. The zero-order valence-electron chi connectivity index (χ0n) is 10.9. The third kappa shape index (κ3) is 3.83. The first-order valence-corrected chi connectivity index (χ1v) is 7.78. The normalized spacial score (nSPS) is 20.9. The third-order valence-corrected chi connectivity index (χ3v) is 4.65. The highest BCUT2D eigenvalue weighted by Crippen LogP contribution is 2.22. The minimum Gasteiger partial charge on any atom is -0.481 e. The van der Waals surface area contributed by atoms with E-state index >= 15 is 0 Å². The SMILES string of the molecule is CN(Cc1csc(Br)c1)C(=O)NC1C=CC(C(=O)O)C1. The minimum atomic E-state index is -0.852. The van der Waals surface area contributed by atoms with E-state index in [2.05, 4.69) is 21.2 Å². The molecule has 0 fully saturated rings. The van der Waals surface area contributed by atoms with Gasteiger partial charge in [0.25, 0.3) is 0 Å². The summed E-state index contributed by atoms with van der Waals surface area (Å²) in [7, 11) is 1.72. The second-order valence-corrected chi connectivity index (χ2v) is 7.03. The van der Waals surface area contributed by atoms with Crippen LogP contribution in [0, 0.1) is 5.92 Å². The zero-order chi connectivity index (χ0) is 14.7. The molecule has 1 heterocycles. The summed E-state index contributed by atoms with van der Waals surface area (Å²) in [5.41, 5.74) is 1.06. The number of hydrogen-bond acceptors (Lipinski definition) is 3. The number of hydrogen-bond donors (Lipinski definition) is 2. The van der Waals surface area contributed by atoms with Gasteiger partial charge in [-0.25, -0.2) is 4.79 Å². The topological polar surface area (TPSA) is 69.6 Å². The molecular formula is C13H15BrN2O3S. The summed E-state index contributed by atoms with van der Waals surface area (Å²) in [5, 5.41) is 13.7. The lowest BCUT2D eigenvalue weighted by atomic mass is 10.1. The molecule has 0 spiro atoms. The van der Waals surface area contributed by atoms with Crippen LogP contribution in [0.5, 0.6) is 0 Å². The van der Waals surface area contributed by atoms with Gasteiger partial charge in [0, 0.05) is 13.6 Å². The lowest BCUT2D eigenvalue weighted by Crippen LogP contribution is -2.41. The highest BCUT2D eigenvalue weighted by molar-refractivity contribution is 9.11. The number of nitrogens with one attached hydrogen (secondary N) is 1. The molecular weight excluding hydrogens is 344 g/mol. The number of carboxylic acid groups (broad SMARTS) is 1. The van der Waals surface area contributed by atoms with Crippen molar-refractivity contribution >= 4 is 39.3 Å². The second kappa shape index (κ2) is 6.41. The quantitative estimate of drug-likeness (QED) is 0.813. The molecule has 2 atom stereocenters. The van der Waals surface area contributed by atoms with E-state index in [1.54, 1.807) is 35.4 Å². The van der Waals surface area contributed by atoms with Gasteiger partial charge in [0.2, 0.25) is 0 Å². The largest absolute Gasteiger partial charge is 0.481 e. The van der Waals surface area contributed by atoms with E-state index in [9.17, 15) is 9.59 Å². The lowest BCUT2D eigenvalue weighted by molar-refractivity contribution is -0.140. The Morgan fingerprint density at radius 1 is 1.55 bits per heavy atom. The van der Waals surface area contributed by atoms with E-state index in [0.29, 0.717) is 13.0 Å². The Balaban J connectivity index is 1.83. The van der Waals surface area contributed by atoms with E-state index in [1.165, 1.54) is 0 Å². The van der Waals surface area contributed by atoms with Gasteiger partial charge >= 0.3 is 12.0 Å². The first kappa shape index (κ1) is 15.1. The summed E-state index contributed by atoms with van der Waals surface area (Å²) >= 11 is 4.96. The third-order valence-electron chi connectivity index (χ3n) is 3.10. The van der Waals surface area contributed by atoms with E-state index in [1.807, 2.05) is 11.4 Å². The first-order chi connectivity index (χ1) is 9.45. The number of carboxylic acids is 1. The van der Waals surface area contributed by atoms with Crippen LogP contribution in [-0.4, -0.2) is 35.1 Å². The van der Waals surface area contributed by atoms with Gasteiger partial charge in [-0.15, -0.1) is 11.3 Å². The number of amides is 2. The number of carbonyl (C=O) groups is 2. The van der Waals surface area contributed by atoms with Gasteiger partial charge in [-0.05, 0) is 39.4 Å². The van der Waals surface area contributed by atoms with Gasteiger partial charge < -0.3 is 15.3 Å². The molecule has 1 aromatic rings. The second-order valence-electron chi connectivity index (χ2n) is 4.74. The molecule has 1 aromatic heterocycles. The summed E-state index contributed by atoms with van der Waals surface area (Å²) in [6.45, 7) is 0.521. The summed E-state index contributed by atoms with van der Waals surface area (Å²) in [6.07, 6.45) is 3.79. The monoisotopic (exact) mass is 358 g/mol. The van der Waals surface area contributed by atoms with Crippen LogP contribution in [0.25, 0.3) is 0 Å². The van der Waals surface area contributed by atoms with Crippen molar-refractivity contribution in [3.63, 3.8) is 0 Å². The molecule has 20 heavy (non-hydrogen) atoms. The molecule has 0 radical (unpaired) electrons. The Bertz CT molecular complexity index is 543. The van der Waals surface area contributed by atoms with E-state index in [-0.39, 0.29) is 12.1 Å². The van der Waals surface area contributed by atoms with Crippen LogP contribution in [0.15, 0.2) is 27.4 Å². The van der Waals surface area contributed by atoms with Crippen molar-refractivity contribution in [1.29, 1.82) is 0 Å². The molecule has 0 saturated heterocycles. The minimum absolute atomic E-state index is 0.201.